The first-order chi connectivity index (χ1) is 9.72. The molecule has 0 aliphatic rings. The number of hydrogen-bond acceptors (Lipinski definition) is 2. The van der Waals surface area contributed by atoms with Crippen LogP contribution in [0, 0.1) is 12.3 Å². The molecule has 2 aromatic heterocycles. The van der Waals surface area contributed by atoms with Gasteiger partial charge < -0.3 is 15.0 Å². The number of nitrogens with zero attached hydrogens (tertiary/aromatic N) is 3. The molecule has 5 nitrogen and oxygen atoms in total. The zero-order valence-electron chi connectivity index (χ0n) is 11.2. The highest BCUT2D eigenvalue weighted by molar-refractivity contribution is 9.10. The number of pyridine rings is 1. The van der Waals surface area contributed by atoms with E-state index in [-0.39, 0.29) is 0 Å². The molecule has 0 aromatic carbocycles. The number of terminal acetylenes is 1. The fourth-order valence-corrected chi connectivity index (χ4v) is 2.08. The van der Waals surface area contributed by atoms with E-state index in [1.165, 1.54) is 0 Å². The third-order valence-electron chi connectivity index (χ3n) is 2.57. The van der Waals surface area contributed by atoms with E-state index < -0.39 is 0 Å². The van der Waals surface area contributed by atoms with Crippen molar-refractivity contribution >= 4 is 27.5 Å². The van der Waals surface area contributed by atoms with Crippen molar-refractivity contribution in [3.05, 3.63) is 34.7 Å². The van der Waals surface area contributed by atoms with Gasteiger partial charge in [-0.3, -0.25) is 0 Å². The van der Waals surface area contributed by atoms with Crippen LogP contribution in [0.4, 0.5) is 0 Å². The van der Waals surface area contributed by atoms with Crippen molar-refractivity contribution in [2.75, 3.05) is 13.1 Å². The standard InChI is InChI=1S/C14H16BrN5/c1-3-7-17-14(16-4-2)18-8-12-10-20-9-11(15)5-6-13(20)19-12/h1,5-6,9-10H,4,7-8H2,2H3,(H2,16,17,18). The lowest BCUT2D eigenvalue weighted by Crippen LogP contribution is -2.37. The molecule has 0 spiro atoms. The molecule has 6 heteroatoms. The summed E-state index contributed by atoms with van der Waals surface area (Å²) in [5.74, 6) is 3.22. The molecule has 20 heavy (non-hydrogen) atoms. The van der Waals surface area contributed by atoms with Crippen LogP contribution in [0.1, 0.15) is 12.6 Å². The zero-order valence-corrected chi connectivity index (χ0v) is 12.8. The predicted molar refractivity (Wildman–Crippen MR) is 84.5 cm³/mol. The smallest absolute Gasteiger partial charge is 0.192 e. The van der Waals surface area contributed by atoms with Crippen LogP contribution in [-0.4, -0.2) is 28.4 Å². The second-order valence-electron chi connectivity index (χ2n) is 4.10. The fourth-order valence-electron chi connectivity index (χ4n) is 1.73. The van der Waals surface area contributed by atoms with Crippen LogP contribution in [0.5, 0.6) is 0 Å². The lowest BCUT2D eigenvalue weighted by Gasteiger charge is -2.07. The maximum atomic E-state index is 5.23. The molecular weight excluding hydrogens is 318 g/mol. The minimum absolute atomic E-state index is 0.448. The molecule has 2 aromatic rings. The summed E-state index contributed by atoms with van der Waals surface area (Å²) < 4.78 is 2.98. The number of halogens is 1. The van der Waals surface area contributed by atoms with Crippen LogP contribution >= 0.6 is 15.9 Å². The van der Waals surface area contributed by atoms with Gasteiger partial charge in [0.2, 0.25) is 0 Å². The number of rotatable bonds is 4. The van der Waals surface area contributed by atoms with Crippen molar-refractivity contribution in [3.8, 4) is 12.3 Å². The van der Waals surface area contributed by atoms with E-state index in [1.807, 2.05) is 35.9 Å². The van der Waals surface area contributed by atoms with Gasteiger partial charge in [-0.25, -0.2) is 9.98 Å². The molecule has 104 valence electrons. The zero-order chi connectivity index (χ0) is 14.4. The Hall–Kier alpha value is -2.00. The number of nitrogens with one attached hydrogen (secondary N) is 2. The van der Waals surface area contributed by atoms with E-state index in [9.17, 15) is 0 Å². The van der Waals surface area contributed by atoms with Crippen LogP contribution in [-0.2, 0) is 6.54 Å². The highest BCUT2D eigenvalue weighted by atomic mass is 79.9. The topological polar surface area (TPSA) is 53.7 Å². The van der Waals surface area contributed by atoms with Gasteiger partial charge in [0.25, 0.3) is 0 Å². The van der Waals surface area contributed by atoms with Gasteiger partial charge in [-0.2, -0.15) is 0 Å². The van der Waals surface area contributed by atoms with Crippen molar-refractivity contribution in [1.29, 1.82) is 0 Å². The molecule has 0 unspecified atom stereocenters. The first kappa shape index (κ1) is 14.4. The third kappa shape index (κ3) is 3.75. The molecule has 0 amide bonds. The van der Waals surface area contributed by atoms with E-state index in [2.05, 4.69) is 42.5 Å². The summed E-state index contributed by atoms with van der Waals surface area (Å²) in [5.41, 5.74) is 1.81. The van der Waals surface area contributed by atoms with Crippen LogP contribution in [0.3, 0.4) is 0 Å². The minimum Gasteiger partial charge on any atom is -0.357 e. The van der Waals surface area contributed by atoms with Crippen LogP contribution in [0.25, 0.3) is 5.65 Å². The Labute approximate surface area is 126 Å². The highest BCUT2D eigenvalue weighted by Gasteiger charge is 2.02. The van der Waals surface area contributed by atoms with Crippen molar-refractivity contribution in [3.63, 3.8) is 0 Å². The van der Waals surface area contributed by atoms with E-state index in [0.717, 1.165) is 22.4 Å². The maximum Gasteiger partial charge on any atom is 0.192 e. The summed E-state index contributed by atoms with van der Waals surface area (Å²) >= 11 is 3.44. The first-order valence-electron chi connectivity index (χ1n) is 6.31. The average molecular weight is 334 g/mol. The second-order valence-corrected chi connectivity index (χ2v) is 5.01. The van der Waals surface area contributed by atoms with Gasteiger partial charge in [0, 0.05) is 23.4 Å². The number of guanidine groups is 1. The Balaban J connectivity index is 2.11. The van der Waals surface area contributed by atoms with E-state index in [1.54, 1.807) is 0 Å². The molecule has 2 heterocycles. The highest BCUT2D eigenvalue weighted by Crippen LogP contribution is 2.12. The SMILES string of the molecule is C#CCNC(=NCc1cn2cc(Br)ccc2n1)NCC. The number of aliphatic imine (C=N–C) groups is 1. The second kappa shape index (κ2) is 6.96. The van der Waals surface area contributed by atoms with E-state index in [0.29, 0.717) is 19.0 Å². The molecule has 0 saturated heterocycles. The number of aromatic nitrogens is 2. The van der Waals surface area contributed by atoms with Gasteiger partial charge in [-0.05, 0) is 35.0 Å². The Kier molecular flexibility index (Phi) is 5.02. The molecule has 0 radical (unpaired) electrons. The minimum atomic E-state index is 0.448. The Morgan fingerprint density at radius 3 is 3.05 bits per heavy atom. The lowest BCUT2D eigenvalue weighted by atomic mass is 10.5. The van der Waals surface area contributed by atoms with Crippen molar-refractivity contribution in [2.45, 2.75) is 13.5 Å². The molecule has 2 N–H and O–H groups in total. The van der Waals surface area contributed by atoms with E-state index >= 15 is 0 Å². The van der Waals surface area contributed by atoms with Crippen molar-refractivity contribution in [1.82, 2.24) is 20.0 Å². The normalized spacial score (nSPS) is 11.3. The van der Waals surface area contributed by atoms with Crippen LogP contribution < -0.4 is 10.6 Å². The Morgan fingerprint density at radius 2 is 2.30 bits per heavy atom. The number of fused-ring (bicyclic) bond motifs is 1. The largest absolute Gasteiger partial charge is 0.357 e. The number of hydrogen-bond donors (Lipinski definition) is 2. The summed E-state index contributed by atoms with van der Waals surface area (Å²) in [6.45, 7) is 3.74. The first-order valence-corrected chi connectivity index (χ1v) is 7.11. The summed E-state index contributed by atoms with van der Waals surface area (Å²) in [6.07, 6.45) is 9.17. The van der Waals surface area contributed by atoms with Crippen molar-refractivity contribution in [2.24, 2.45) is 4.99 Å². The molecule has 0 atom stereocenters. The monoisotopic (exact) mass is 333 g/mol. The molecule has 0 bridgehead atoms. The van der Waals surface area contributed by atoms with Gasteiger partial charge in [0.15, 0.2) is 5.96 Å². The van der Waals surface area contributed by atoms with Gasteiger partial charge in [0.1, 0.15) is 5.65 Å². The fraction of sp³-hybridized carbons (Fsp3) is 0.286. The van der Waals surface area contributed by atoms with Gasteiger partial charge >= 0.3 is 0 Å². The summed E-state index contributed by atoms with van der Waals surface area (Å²) in [7, 11) is 0. The van der Waals surface area contributed by atoms with Gasteiger partial charge in [0.05, 0.1) is 18.8 Å². The molecule has 0 fully saturated rings. The third-order valence-corrected chi connectivity index (χ3v) is 3.04. The Morgan fingerprint density at radius 1 is 1.45 bits per heavy atom. The molecular formula is C14H16BrN5. The Bertz CT molecular complexity index is 653. The average Bonchev–Trinajstić information content (AvgIpc) is 2.83. The van der Waals surface area contributed by atoms with E-state index in [4.69, 9.17) is 6.42 Å². The van der Waals surface area contributed by atoms with Crippen LogP contribution in [0.15, 0.2) is 34.0 Å². The maximum absolute atomic E-state index is 5.23. The molecule has 0 aliphatic carbocycles. The van der Waals surface area contributed by atoms with Crippen molar-refractivity contribution < 1.29 is 0 Å². The summed E-state index contributed by atoms with van der Waals surface area (Å²) in [5, 5.41) is 6.18. The molecule has 0 saturated carbocycles. The number of imidazole rings is 1. The summed E-state index contributed by atoms with van der Waals surface area (Å²) in [6, 6.07) is 3.92. The molecule has 2 rings (SSSR count). The van der Waals surface area contributed by atoms with Gasteiger partial charge in [-0.1, -0.05) is 5.92 Å². The lowest BCUT2D eigenvalue weighted by molar-refractivity contribution is 0.860. The van der Waals surface area contributed by atoms with Crippen LogP contribution in [0.2, 0.25) is 0 Å². The molecule has 0 aliphatic heterocycles. The van der Waals surface area contributed by atoms with Gasteiger partial charge in [-0.15, -0.1) is 6.42 Å². The predicted octanol–water partition coefficient (Wildman–Crippen LogP) is 1.79. The summed E-state index contributed by atoms with van der Waals surface area (Å²) in [4.78, 5) is 8.96. The quantitative estimate of drug-likeness (QED) is 0.509.